The number of nitrogens with one attached hydrogen (secondary N) is 2. The van der Waals surface area contributed by atoms with Crippen molar-refractivity contribution in [3.63, 3.8) is 0 Å². The van der Waals surface area contributed by atoms with Gasteiger partial charge in [0.05, 0.1) is 19.8 Å². The topological polar surface area (TPSA) is 48.5 Å². The molecule has 0 radical (unpaired) electrons. The van der Waals surface area contributed by atoms with Crippen molar-refractivity contribution in [1.82, 2.24) is 4.57 Å². The first-order chi connectivity index (χ1) is 13.1. The van der Waals surface area contributed by atoms with Crippen LogP contribution in [0.5, 0.6) is 0 Å². The summed E-state index contributed by atoms with van der Waals surface area (Å²) in [7, 11) is 5.96. The fourth-order valence-electron chi connectivity index (χ4n) is 2.79. The molecule has 0 fully saturated rings. The van der Waals surface area contributed by atoms with E-state index in [9.17, 15) is 0 Å². The average molecular weight is 363 g/mol. The van der Waals surface area contributed by atoms with E-state index in [2.05, 4.69) is 71.2 Å². The Balaban J connectivity index is 1.64. The van der Waals surface area contributed by atoms with Crippen LogP contribution in [-0.4, -0.2) is 24.4 Å². The molecule has 0 aliphatic rings. The SMILES string of the molecule is CCNc1ccc(Nc2ccc(N(C)/N=C/c3n(C)cc[n+]3C)cc2)cc1. The van der Waals surface area contributed by atoms with Gasteiger partial charge in [0, 0.05) is 30.7 Å². The van der Waals surface area contributed by atoms with E-state index in [1.165, 1.54) is 0 Å². The van der Waals surface area contributed by atoms with Gasteiger partial charge in [0.25, 0.3) is 0 Å². The second-order valence-electron chi connectivity index (χ2n) is 6.43. The Morgan fingerprint density at radius 2 is 1.63 bits per heavy atom. The lowest BCUT2D eigenvalue weighted by atomic mass is 10.2. The summed E-state index contributed by atoms with van der Waals surface area (Å²) >= 11 is 0. The number of hydrogen-bond acceptors (Lipinski definition) is 4. The first-order valence-electron chi connectivity index (χ1n) is 9.06. The number of benzene rings is 2. The third-order valence-electron chi connectivity index (χ3n) is 4.38. The molecule has 140 valence electrons. The molecule has 0 saturated heterocycles. The first-order valence-corrected chi connectivity index (χ1v) is 9.06. The molecule has 6 nitrogen and oxygen atoms in total. The van der Waals surface area contributed by atoms with E-state index in [4.69, 9.17) is 0 Å². The van der Waals surface area contributed by atoms with Crippen molar-refractivity contribution >= 4 is 29.0 Å². The van der Waals surface area contributed by atoms with Crippen LogP contribution >= 0.6 is 0 Å². The fraction of sp³-hybridized carbons (Fsp3) is 0.238. The summed E-state index contributed by atoms with van der Waals surface area (Å²) in [5.41, 5.74) is 4.26. The zero-order chi connectivity index (χ0) is 19.2. The van der Waals surface area contributed by atoms with Crippen molar-refractivity contribution in [2.45, 2.75) is 6.92 Å². The monoisotopic (exact) mass is 363 g/mol. The van der Waals surface area contributed by atoms with Crippen LogP contribution in [0.15, 0.2) is 66.0 Å². The lowest BCUT2D eigenvalue weighted by molar-refractivity contribution is -0.671. The van der Waals surface area contributed by atoms with Crippen LogP contribution in [0.25, 0.3) is 0 Å². The van der Waals surface area contributed by atoms with Crippen LogP contribution in [-0.2, 0) is 14.1 Å². The maximum absolute atomic E-state index is 4.54. The Morgan fingerprint density at radius 3 is 2.19 bits per heavy atom. The van der Waals surface area contributed by atoms with E-state index in [1.807, 2.05) is 53.9 Å². The van der Waals surface area contributed by atoms with E-state index >= 15 is 0 Å². The minimum atomic E-state index is 0.923. The second kappa shape index (κ2) is 8.40. The molecule has 0 atom stereocenters. The summed E-state index contributed by atoms with van der Waals surface area (Å²) in [6, 6.07) is 16.5. The van der Waals surface area contributed by atoms with Crippen molar-refractivity contribution in [3.8, 4) is 0 Å². The lowest BCUT2D eigenvalue weighted by Crippen LogP contribution is -2.32. The number of nitrogens with zero attached hydrogens (tertiary/aromatic N) is 4. The molecule has 3 aromatic rings. The molecule has 6 heteroatoms. The number of aryl methyl sites for hydroxylation is 2. The van der Waals surface area contributed by atoms with E-state index in [0.717, 1.165) is 35.1 Å². The van der Waals surface area contributed by atoms with Crippen molar-refractivity contribution in [2.75, 3.05) is 29.2 Å². The number of aromatic nitrogens is 2. The van der Waals surface area contributed by atoms with Crippen molar-refractivity contribution in [3.05, 3.63) is 66.7 Å². The smallest absolute Gasteiger partial charge is 0.301 e. The van der Waals surface area contributed by atoms with Crippen LogP contribution < -0.4 is 20.2 Å². The Hall–Kier alpha value is -3.28. The molecule has 0 unspecified atom stereocenters. The van der Waals surface area contributed by atoms with Gasteiger partial charge in [-0.3, -0.25) is 5.01 Å². The summed E-state index contributed by atoms with van der Waals surface area (Å²) in [6.07, 6.45) is 5.87. The minimum absolute atomic E-state index is 0.923. The van der Waals surface area contributed by atoms with Gasteiger partial charge in [0.2, 0.25) is 0 Å². The predicted molar refractivity (Wildman–Crippen MR) is 113 cm³/mol. The van der Waals surface area contributed by atoms with Crippen molar-refractivity contribution in [1.29, 1.82) is 0 Å². The van der Waals surface area contributed by atoms with E-state index in [0.29, 0.717) is 0 Å². The van der Waals surface area contributed by atoms with E-state index < -0.39 is 0 Å². The number of imidazole rings is 1. The van der Waals surface area contributed by atoms with E-state index in [-0.39, 0.29) is 0 Å². The molecule has 0 bridgehead atoms. The van der Waals surface area contributed by atoms with Crippen molar-refractivity contribution in [2.24, 2.45) is 19.2 Å². The Labute approximate surface area is 160 Å². The van der Waals surface area contributed by atoms with Gasteiger partial charge in [-0.1, -0.05) is 0 Å². The third-order valence-corrected chi connectivity index (χ3v) is 4.38. The minimum Gasteiger partial charge on any atom is -0.385 e. The molecule has 0 aliphatic carbocycles. The molecule has 3 rings (SSSR count). The maximum atomic E-state index is 4.54. The highest BCUT2D eigenvalue weighted by Crippen LogP contribution is 2.22. The van der Waals surface area contributed by atoms with Gasteiger partial charge < -0.3 is 10.6 Å². The predicted octanol–water partition coefficient (Wildman–Crippen LogP) is 3.50. The number of anilines is 4. The van der Waals surface area contributed by atoms with Gasteiger partial charge in [0.1, 0.15) is 18.6 Å². The third kappa shape index (κ3) is 4.67. The van der Waals surface area contributed by atoms with Crippen LogP contribution in [0, 0.1) is 0 Å². The summed E-state index contributed by atoms with van der Waals surface area (Å²) in [4.78, 5) is 0. The molecule has 1 heterocycles. The highest BCUT2D eigenvalue weighted by atomic mass is 15.4. The number of hydrazone groups is 1. The molecular formula is C21H27N6+. The Bertz CT molecular complexity index is 874. The molecule has 0 amide bonds. The highest BCUT2D eigenvalue weighted by Gasteiger charge is 2.08. The lowest BCUT2D eigenvalue weighted by Gasteiger charge is -2.14. The second-order valence-corrected chi connectivity index (χ2v) is 6.43. The summed E-state index contributed by atoms with van der Waals surface area (Å²) in [5.74, 6) is 1.03. The fourth-order valence-corrected chi connectivity index (χ4v) is 2.79. The normalized spacial score (nSPS) is 11.0. The maximum Gasteiger partial charge on any atom is 0.301 e. The Kier molecular flexibility index (Phi) is 5.76. The quantitative estimate of drug-likeness (QED) is 0.384. The number of hydrogen-bond donors (Lipinski definition) is 2. The van der Waals surface area contributed by atoms with Crippen LogP contribution in [0.3, 0.4) is 0 Å². The average Bonchev–Trinajstić information content (AvgIpc) is 3.00. The molecule has 2 N–H and O–H groups in total. The van der Waals surface area contributed by atoms with Gasteiger partial charge >= 0.3 is 5.82 Å². The molecule has 2 aromatic carbocycles. The molecule has 1 aromatic heterocycles. The van der Waals surface area contributed by atoms with Crippen LogP contribution in [0.2, 0.25) is 0 Å². The summed E-state index contributed by atoms with van der Waals surface area (Å²) in [6.45, 7) is 3.02. The molecular weight excluding hydrogens is 336 g/mol. The highest BCUT2D eigenvalue weighted by molar-refractivity contribution is 5.74. The van der Waals surface area contributed by atoms with Crippen LogP contribution in [0.4, 0.5) is 22.7 Å². The van der Waals surface area contributed by atoms with Crippen LogP contribution in [0.1, 0.15) is 12.7 Å². The first kappa shape index (κ1) is 18.5. The van der Waals surface area contributed by atoms with Gasteiger partial charge in [-0.15, -0.1) is 0 Å². The van der Waals surface area contributed by atoms with Gasteiger partial charge in [-0.2, -0.15) is 5.10 Å². The largest absolute Gasteiger partial charge is 0.385 e. The van der Waals surface area contributed by atoms with Crippen molar-refractivity contribution < 1.29 is 4.57 Å². The number of rotatable bonds is 7. The van der Waals surface area contributed by atoms with Gasteiger partial charge in [-0.25, -0.2) is 9.13 Å². The Morgan fingerprint density at radius 1 is 1.04 bits per heavy atom. The standard InChI is InChI=1S/C21H26N6/c1-5-22-17-6-8-18(9-7-17)24-19-10-12-20(13-11-19)27(4)23-16-21-25(2)14-15-26(21)3/h6-16,23H,5H2,1-4H3/p+1. The molecule has 27 heavy (non-hydrogen) atoms. The van der Waals surface area contributed by atoms with Gasteiger partial charge in [0.15, 0.2) is 0 Å². The molecule has 0 aliphatic heterocycles. The van der Waals surface area contributed by atoms with E-state index in [1.54, 1.807) is 0 Å². The van der Waals surface area contributed by atoms with Gasteiger partial charge in [-0.05, 0) is 55.5 Å². The molecule has 0 spiro atoms. The summed E-state index contributed by atoms with van der Waals surface area (Å²) in [5, 5.41) is 13.1. The zero-order valence-electron chi connectivity index (χ0n) is 16.3. The summed E-state index contributed by atoms with van der Waals surface area (Å²) < 4.78 is 4.07. The zero-order valence-corrected chi connectivity index (χ0v) is 16.3. The molecule has 0 saturated carbocycles.